The molecule has 3 rings (SSSR count). The Bertz CT molecular complexity index is 738. The van der Waals surface area contributed by atoms with E-state index in [9.17, 15) is 28.1 Å². The quantitative estimate of drug-likeness (QED) is 0.442. The van der Waals surface area contributed by atoms with Crippen molar-refractivity contribution in [3.8, 4) is 0 Å². The first-order valence-electron chi connectivity index (χ1n) is 10.2. The maximum Gasteiger partial charge on any atom is 0.416 e. The average molecular weight is 413 g/mol. The minimum atomic E-state index is -4.63. The first-order chi connectivity index (χ1) is 13.8. The number of carbonyl (C=O) groups is 1. The van der Waals surface area contributed by atoms with Crippen molar-refractivity contribution in [2.75, 3.05) is 18.0 Å². The van der Waals surface area contributed by atoms with E-state index in [0.29, 0.717) is 32.0 Å². The van der Waals surface area contributed by atoms with Gasteiger partial charge in [0.2, 0.25) is 5.91 Å². The van der Waals surface area contributed by atoms with Gasteiger partial charge in [0.25, 0.3) is 5.69 Å². The SMILES string of the molecule is O=C(NC1CCCCCC1)C1CCN(c2ccc(C(F)(F)F)cc2[N+](=O)[O-])CC1. The van der Waals surface area contributed by atoms with Crippen LogP contribution in [0.15, 0.2) is 18.2 Å². The summed E-state index contributed by atoms with van der Waals surface area (Å²) in [6, 6.07) is 2.83. The number of nitrogens with one attached hydrogen (secondary N) is 1. The fourth-order valence-corrected chi connectivity index (χ4v) is 4.24. The van der Waals surface area contributed by atoms with Crippen molar-refractivity contribution >= 4 is 17.3 Å². The standard InChI is InChI=1S/C20H26F3N3O3/c21-20(22,23)15-7-8-17(18(13-15)26(28)29)25-11-9-14(10-12-25)19(27)24-16-5-3-1-2-4-6-16/h7-8,13-14,16H,1-6,9-12H2,(H,24,27). The Kier molecular flexibility index (Phi) is 6.64. The summed E-state index contributed by atoms with van der Waals surface area (Å²) >= 11 is 0. The van der Waals surface area contributed by atoms with Gasteiger partial charge in [-0.15, -0.1) is 0 Å². The third-order valence-electron chi connectivity index (χ3n) is 5.91. The zero-order chi connectivity index (χ0) is 21.0. The van der Waals surface area contributed by atoms with E-state index in [0.717, 1.165) is 37.8 Å². The summed E-state index contributed by atoms with van der Waals surface area (Å²) in [5.41, 5.74) is -1.42. The summed E-state index contributed by atoms with van der Waals surface area (Å²) in [4.78, 5) is 24.8. The topological polar surface area (TPSA) is 75.5 Å². The molecule has 1 heterocycles. The van der Waals surface area contributed by atoms with E-state index < -0.39 is 22.4 Å². The first kappa shape index (κ1) is 21.4. The van der Waals surface area contributed by atoms with Crippen LogP contribution >= 0.6 is 0 Å². The van der Waals surface area contributed by atoms with Crippen molar-refractivity contribution in [2.45, 2.75) is 63.6 Å². The molecule has 0 unspecified atom stereocenters. The maximum atomic E-state index is 12.9. The monoisotopic (exact) mass is 413 g/mol. The van der Waals surface area contributed by atoms with Crippen molar-refractivity contribution in [2.24, 2.45) is 5.92 Å². The number of rotatable bonds is 4. The van der Waals surface area contributed by atoms with Gasteiger partial charge in [0.1, 0.15) is 5.69 Å². The molecule has 0 radical (unpaired) electrons. The summed E-state index contributed by atoms with van der Waals surface area (Å²) in [5, 5.41) is 14.5. The van der Waals surface area contributed by atoms with E-state index in [1.165, 1.54) is 12.8 Å². The van der Waals surface area contributed by atoms with Crippen LogP contribution in [0.25, 0.3) is 0 Å². The minimum absolute atomic E-state index is 0.0264. The Morgan fingerprint density at radius 2 is 1.69 bits per heavy atom. The number of carbonyl (C=O) groups excluding carboxylic acids is 1. The summed E-state index contributed by atoms with van der Waals surface area (Å²) in [6.45, 7) is 0.796. The molecule has 160 valence electrons. The van der Waals surface area contributed by atoms with Gasteiger partial charge in [0.15, 0.2) is 0 Å². The summed E-state index contributed by atoms with van der Waals surface area (Å²) < 4.78 is 38.6. The van der Waals surface area contributed by atoms with Gasteiger partial charge in [-0.2, -0.15) is 13.2 Å². The van der Waals surface area contributed by atoms with Crippen LogP contribution in [0.2, 0.25) is 0 Å². The van der Waals surface area contributed by atoms with Gasteiger partial charge in [-0.05, 0) is 37.8 Å². The molecule has 2 aliphatic rings. The van der Waals surface area contributed by atoms with Crippen LogP contribution in [-0.2, 0) is 11.0 Å². The molecule has 0 atom stereocenters. The number of alkyl halides is 3. The maximum absolute atomic E-state index is 12.9. The van der Waals surface area contributed by atoms with Crippen LogP contribution in [0.1, 0.15) is 56.9 Å². The van der Waals surface area contributed by atoms with Crippen molar-refractivity contribution in [3.63, 3.8) is 0 Å². The van der Waals surface area contributed by atoms with Crippen LogP contribution in [0.5, 0.6) is 0 Å². The molecule has 1 saturated carbocycles. The number of benzene rings is 1. The van der Waals surface area contributed by atoms with E-state index in [1.807, 2.05) is 0 Å². The van der Waals surface area contributed by atoms with E-state index in [-0.39, 0.29) is 23.6 Å². The highest BCUT2D eigenvalue weighted by atomic mass is 19.4. The molecule has 9 heteroatoms. The van der Waals surface area contributed by atoms with Crippen molar-refractivity contribution < 1.29 is 22.9 Å². The number of nitrogens with zero attached hydrogens (tertiary/aromatic N) is 2. The van der Waals surface area contributed by atoms with Gasteiger partial charge < -0.3 is 10.2 Å². The average Bonchev–Trinajstić information content (AvgIpc) is 2.95. The van der Waals surface area contributed by atoms with Gasteiger partial charge in [0, 0.05) is 31.1 Å². The fourth-order valence-electron chi connectivity index (χ4n) is 4.24. The molecule has 1 aromatic carbocycles. The predicted molar refractivity (Wildman–Crippen MR) is 103 cm³/mol. The Morgan fingerprint density at radius 3 is 2.24 bits per heavy atom. The predicted octanol–water partition coefficient (Wildman–Crippen LogP) is 4.67. The molecule has 1 aromatic rings. The summed E-state index contributed by atoms with van der Waals surface area (Å²) in [5.74, 6) is -0.138. The van der Waals surface area contributed by atoms with Gasteiger partial charge in [-0.3, -0.25) is 14.9 Å². The Morgan fingerprint density at radius 1 is 1.07 bits per heavy atom. The van der Waals surface area contributed by atoms with E-state index in [4.69, 9.17) is 0 Å². The Hall–Kier alpha value is -2.32. The molecule has 0 spiro atoms. The molecule has 1 aliphatic heterocycles. The minimum Gasteiger partial charge on any atom is -0.366 e. The smallest absolute Gasteiger partial charge is 0.366 e. The second-order valence-electron chi connectivity index (χ2n) is 7.92. The number of amides is 1. The third-order valence-corrected chi connectivity index (χ3v) is 5.91. The summed E-state index contributed by atoms with van der Waals surface area (Å²) in [6.07, 6.45) is 3.08. The lowest BCUT2D eigenvalue weighted by atomic mass is 9.94. The van der Waals surface area contributed by atoms with Crippen molar-refractivity contribution in [3.05, 3.63) is 33.9 Å². The highest BCUT2D eigenvalue weighted by molar-refractivity contribution is 5.79. The number of hydrogen-bond acceptors (Lipinski definition) is 4. The lowest BCUT2D eigenvalue weighted by Crippen LogP contribution is -2.44. The van der Waals surface area contributed by atoms with E-state index >= 15 is 0 Å². The molecule has 1 N–H and O–H groups in total. The van der Waals surface area contributed by atoms with Crippen LogP contribution in [0, 0.1) is 16.0 Å². The number of nitro groups is 1. The number of halogens is 3. The fraction of sp³-hybridized carbons (Fsp3) is 0.650. The van der Waals surface area contributed by atoms with E-state index in [2.05, 4.69) is 5.32 Å². The van der Waals surface area contributed by atoms with Crippen LogP contribution in [-0.4, -0.2) is 30.0 Å². The molecular formula is C20H26F3N3O3. The summed E-state index contributed by atoms with van der Waals surface area (Å²) in [7, 11) is 0. The Balaban J connectivity index is 1.62. The highest BCUT2D eigenvalue weighted by Gasteiger charge is 2.35. The Labute approximate surface area is 167 Å². The first-order valence-corrected chi connectivity index (χ1v) is 10.2. The molecule has 0 aromatic heterocycles. The van der Waals surface area contributed by atoms with Crippen molar-refractivity contribution in [1.29, 1.82) is 0 Å². The van der Waals surface area contributed by atoms with Gasteiger partial charge in [-0.1, -0.05) is 25.7 Å². The molecule has 29 heavy (non-hydrogen) atoms. The second kappa shape index (κ2) is 9.00. The third kappa shape index (κ3) is 5.39. The van der Waals surface area contributed by atoms with Gasteiger partial charge in [0.05, 0.1) is 10.5 Å². The molecule has 2 fully saturated rings. The molecule has 6 nitrogen and oxygen atoms in total. The molecule has 1 aliphatic carbocycles. The molecule has 1 saturated heterocycles. The van der Waals surface area contributed by atoms with Crippen LogP contribution < -0.4 is 10.2 Å². The molecule has 1 amide bonds. The molecular weight excluding hydrogens is 387 g/mol. The van der Waals surface area contributed by atoms with Crippen LogP contribution in [0.3, 0.4) is 0 Å². The second-order valence-corrected chi connectivity index (χ2v) is 7.92. The zero-order valence-electron chi connectivity index (χ0n) is 16.2. The molecule has 0 bridgehead atoms. The van der Waals surface area contributed by atoms with Gasteiger partial charge in [-0.25, -0.2) is 0 Å². The lowest BCUT2D eigenvalue weighted by Gasteiger charge is -2.33. The zero-order valence-corrected chi connectivity index (χ0v) is 16.2. The van der Waals surface area contributed by atoms with E-state index in [1.54, 1.807) is 4.90 Å². The largest absolute Gasteiger partial charge is 0.416 e. The number of piperidine rings is 1. The highest BCUT2D eigenvalue weighted by Crippen LogP contribution is 2.37. The van der Waals surface area contributed by atoms with Crippen molar-refractivity contribution in [1.82, 2.24) is 5.32 Å². The number of hydrogen-bond donors (Lipinski definition) is 1. The number of anilines is 1. The lowest BCUT2D eigenvalue weighted by molar-refractivity contribution is -0.384. The van der Waals surface area contributed by atoms with Gasteiger partial charge >= 0.3 is 6.18 Å². The normalized spacial score (nSPS) is 19.6. The van der Waals surface area contributed by atoms with Crippen LogP contribution in [0.4, 0.5) is 24.5 Å². The number of nitro benzene ring substituents is 1.